The van der Waals surface area contributed by atoms with Gasteiger partial charge in [0.2, 0.25) is 6.33 Å². The number of nitrogens with two attached hydrogens (primary N) is 1. The summed E-state index contributed by atoms with van der Waals surface area (Å²) >= 11 is 0. The minimum absolute atomic E-state index is 0. The molecule has 0 bridgehead atoms. The molecular weight excluding hydrogens is 290 g/mol. The summed E-state index contributed by atoms with van der Waals surface area (Å²) < 4.78 is 4.43. The second-order valence-electron chi connectivity index (χ2n) is 4.31. The zero-order chi connectivity index (χ0) is 11.9. The van der Waals surface area contributed by atoms with E-state index in [1.807, 2.05) is 6.07 Å². The monoisotopic (exact) mass is 309 g/mol. The molecule has 2 aromatic rings. The number of nitrogens with zero attached hydrogens (tertiary/aromatic N) is 2. The van der Waals surface area contributed by atoms with Gasteiger partial charge in [0.05, 0.1) is 6.54 Å². The van der Waals surface area contributed by atoms with Crippen LogP contribution in [-0.4, -0.2) is 11.1 Å². The van der Waals surface area contributed by atoms with Crippen LogP contribution in [0.4, 0.5) is 0 Å². The molecule has 2 N–H and O–H groups in total. The van der Waals surface area contributed by atoms with Crippen LogP contribution < -0.4 is 27.3 Å². The summed E-state index contributed by atoms with van der Waals surface area (Å²) in [6.07, 6.45) is 8.64. The molecule has 1 aromatic heterocycles. The van der Waals surface area contributed by atoms with Crippen molar-refractivity contribution < 1.29 is 21.5 Å². The molecule has 0 aliphatic rings. The number of aromatic nitrogens is 2. The highest BCUT2D eigenvalue weighted by Gasteiger charge is 2.03. The van der Waals surface area contributed by atoms with Crippen molar-refractivity contribution >= 4 is 0 Å². The zero-order valence-corrected chi connectivity index (χ0v) is 12.1. The predicted molar refractivity (Wildman–Crippen MR) is 68.5 cm³/mol. The van der Waals surface area contributed by atoms with Crippen molar-refractivity contribution in [1.29, 1.82) is 0 Å². The maximum absolute atomic E-state index is 5.49. The summed E-state index contributed by atoms with van der Waals surface area (Å²) in [4.78, 5) is 0. The maximum atomic E-state index is 5.49. The fourth-order valence-corrected chi connectivity index (χ4v) is 1.90. The van der Waals surface area contributed by atoms with Gasteiger partial charge < -0.3 is 22.7 Å². The molecule has 0 spiro atoms. The number of rotatable bonds is 6. The van der Waals surface area contributed by atoms with Crippen LogP contribution in [0.25, 0.3) is 0 Å². The minimum atomic E-state index is 0. The summed E-state index contributed by atoms with van der Waals surface area (Å²) in [7, 11) is 0. The van der Waals surface area contributed by atoms with Crippen LogP contribution in [-0.2, 0) is 13.1 Å². The van der Waals surface area contributed by atoms with Gasteiger partial charge in [-0.25, -0.2) is 9.13 Å². The van der Waals surface area contributed by atoms with Gasteiger partial charge in [0.15, 0.2) is 0 Å². The summed E-state index contributed by atoms with van der Waals surface area (Å²) in [6, 6.07) is 10.5. The van der Waals surface area contributed by atoms with E-state index in [0.717, 1.165) is 32.5 Å². The first-order valence-corrected chi connectivity index (χ1v) is 6.17. The molecule has 0 radical (unpaired) electrons. The van der Waals surface area contributed by atoms with E-state index >= 15 is 0 Å². The van der Waals surface area contributed by atoms with E-state index < -0.39 is 0 Å². The Labute approximate surface area is 119 Å². The van der Waals surface area contributed by atoms with Crippen molar-refractivity contribution in [3.63, 3.8) is 0 Å². The van der Waals surface area contributed by atoms with Gasteiger partial charge in [-0.15, -0.1) is 0 Å². The normalized spacial score (nSPS) is 10.1. The van der Waals surface area contributed by atoms with Crippen LogP contribution in [0.3, 0.4) is 0 Å². The second kappa shape index (κ2) is 8.06. The SMILES string of the molecule is NCCCCn1cc[n+](Cc2ccccc2)c1.[Br-]. The lowest BCUT2D eigenvalue weighted by molar-refractivity contribution is -0.687. The topological polar surface area (TPSA) is 34.8 Å². The van der Waals surface area contributed by atoms with E-state index in [9.17, 15) is 0 Å². The number of benzene rings is 1. The molecule has 4 heteroatoms. The quantitative estimate of drug-likeness (QED) is 0.515. The Morgan fingerprint density at radius 2 is 1.89 bits per heavy atom. The van der Waals surface area contributed by atoms with Crippen molar-refractivity contribution in [3.8, 4) is 0 Å². The van der Waals surface area contributed by atoms with Gasteiger partial charge in [-0.05, 0) is 24.9 Å². The smallest absolute Gasteiger partial charge is 0.244 e. The van der Waals surface area contributed by atoms with E-state index in [4.69, 9.17) is 5.73 Å². The van der Waals surface area contributed by atoms with E-state index in [0.29, 0.717) is 0 Å². The zero-order valence-electron chi connectivity index (χ0n) is 10.5. The summed E-state index contributed by atoms with van der Waals surface area (Å²) in [5.41, 5.74) is 6.82. The lowest BCUT2D eigenvalue weighted by Gasteiger charge is -1.97. The van der Waals surface area contributed by atoms with E-state index in [2.05, 4.69) is 52.1 Å². The number of unbranched alkanes of at least 4 members (excludes halogenated alkanes) is 1. The molecule has 98 valence electrons. The van der Waals surface area contributed by atoms with E-state index in [1.165, 1.54) is 5.56 Å². The summed E-state index contributed by atoms with van der Waals surface area (Å²) in [6.45, 7) is 2.77. The number of halogens is 1. The average molecular weight is 310 g/mol. The Bertz CT molecular complexity index is 439. The Morgan fingerprint density at radius 1 is 1.11 bits per heavy atom. The van der Waals surface area contributed by atoms with Gasteiger partial charge >= 0.3 is 0 Å². The average Bonchev–Trinajstić information content (AvgIpc) is 2.79. The van der Waals surface area contributed by atoms with Gasteiger partial charge in [-0.2, -0.15) is 0 Å². The first kappa shape index (κ1) is 14.9. The van der Waals surface area contributed by atoms with Crippen LogP contribution in [0.1, 0.15) is 18.4 Å². The Balaban J connectivity index is 0.00000162. The predicted octanol–water partition coefficient (Wildman–Crippen LogP) is -1.43. The molecule has 1 heterocycles. The lowest BCUT2D eigenvalue weighted by Crippen LogP contribution is -3.00. The molecular formula is C14H20BrN3. The second-order valence-corrected chi connectivity index (χ2v) is 4.31. The third-order valence-corrected chi connectivity index (χ3v) is 2.82. The highest BCUT2D eigenvalue weighted by atomic mass is 79.9. The maximum Gasteiger partial charge on any atom is 0.244 e. The van der Waals surface area contributed by atoms with Crippen molar-refractivity contribution in [2.45, 2.75) is 25.9 Å². The molecule has 2 rings (SSSR count). The third kappa shape index (κ3) is 4.63. The molecule has 0 saturated carbocycles. The molecule has 0 saturated heterocycles. The first-order valence-electron chi connectivity index (χ1n) is 6.17. The highest BCUT2D eigenvalue weighted by Crippen LogP contribution is 1.98. The standard InChI is InChI=1S/C14H20N3.BrH/c15-8-4-5-9-16-10-11-17(13-16)12-14-6-2-1-3-7-14;/h1-3,6-7,10-11,13H,4-5,8-9,12,15H2;1H/q+1;/p-1. The number of hydrogen-bond donors (Lipinski definition) is 1. The molecule has 0 amide bonds. The van der Waals surface area contributed by atoms with Crippen molar-refractivity contribution in [2.75, 3.05) is 6.54 Å². The fraction of sp³-hybridized carbons (Fsp3) is 0.357. The van der Waals surface area contributed by atoms with Gasteiger partial charge in [0.1, 0.15) is 18.9 Å². The molecule has 0 unspecified atom stereocenters. The Morgan fingerprint density at radius 3 is 2.61 bits per heavy atom. The van der Waals surface area contributed by atoms with Crippen molar-refractivity contribution in [2.24, 2.45) is 5.73 Å². The van der Waals surface area contributed by atoms with Gasteiger partial charge in [0.25, 0.3) is 0 Å². The first-order chi connectivity index (χ1) is 8.38. The lowest BCUT2D eigenvalue weighted by atomic mass is 10.2. The van der Waals surface area contributed by atoms with Gasteiger partial charge in [-0.3, -0.25) is 0 Å². The summed E-state index contributed by atoms with van der Waals surface area (Å²) in [5, 5.41) is 0. The molecule has 0 aliphatic carbocycles. The van der Waals surface area contributed by atoms with Crippen molar-refractivity contribution in [3.05, 3.63) is 54.6 Å². The number of hydrogen-bond acceptors (Lipinski definition) is 1. The summed E-state index contributed by atoms with van der Waals surface area (Å²) in [5.74, 6) is 0. The molecule has 18 heavy (non-hydrogen) atoms. The largest absolute Gasteiger partial charge is 1.00 e. The molecule has 1 aromatic carbocycles. The molecule has 0 aliphatic heterocycles. The van der Waals surface area contributed by atoms with Crippen LogP contribution in [0.5, 0.6) is 0 Å². The van der Waals surface area contributed by atoms with E-state index in [-0.39, 0.29) is 17.0 Å². The Kier molecular flexibility index (Phi) is 6.68. The number of imidazole rings is 1. The molecule has 3 nitrogen and oxygen atoms in total. The minimum Gasteiger partial charge on any atom is -1.00 e. The third-order valence-electron chi connectivity index (χ3n) is 2.82. The van der Waals surface area contributed by atoms with Crippen LogP contribution >= 0.6 is 0 Å². The van der Waals surface area contributed by atoms with Crippen LogP contribution in [0.15, 0.2) is 49.1 Å². The van der Waals surface area contributed by atoms with Crippen molar-refractivity contribution in [1.82, 2.24) is 4.57 Å². The van der Waals surface area contributed by atoms with Crippen LogP contribution in [0.2, 0.25) is 0 Å². The molecule has 0 fully saturated rings. The fourth-order valence-electron chi connectivity index (χ4n) is 1.90. The highest BCUT2D eigenvalue weighted by molar-refractivity contribution is 5.13. The van der Waals surface area contributed by atoms with Gasteiger partial charge in [0, 0.05) is 0 Å². The Hall–Kier alpha value is -1.13. The van der Waals surface area contributed by atoms with E-state index in [1.54, 1.807) is 0 Å². The molecule has 0 atom stereocenters. The van der Waals surface area contributed by atoms with Gasteiger partial charge in [-0.1, -0.05) is 30.3 Å². The van der Waals surface area contributed by atoms with Crippen LogP contribution in [0, 0.1) is 0 Å². The number of aryl methyl sites for hydroxylation is 1.